The number of rotatable bonds is 4. The first-order chi connectivity index (χ1) is 16.5. The molecule has 0 spiro atoms. The van der Waals surface area contributed by atoms with E-state index >= 15 is 0 Å². The van der Waals surface area contributed by atoms with Crippen molar-refractivity contribution in [2.75, 3.05) is 55.8 Å². The van der Waals surface area contributed by atoms with E-state index in [4.69, 9.17) is 28.1 Å². The standard InChI is InChI=1S/C25H27ClN6OS/c1-27-14-18-15-32(13-12-30(18)2)24-19-10-11-31(16-21(19)28-25(29-24)34(3)33)22-9-5-7-17-6-4-8-20(26)23(17)22/h4-9,18H,10-16H2,2-3H3/t18-,34?/m0/s1. The second-order valence-electron chi connectivity index (χ2n) is 8.92. The molecule has 0 saturated carbocycles. The molecule has 0 N–H and O–H groups in total. The van der Waals surface area contributed by atoms with E-state index in [1.807, 2.05) is 12.1 Å². The minimum absolute atomic E-state index is 0.158. The van der Waals surface area contributed by atoms with E-state index in [-0.39, 0.29) is 6.04 Å². The Morgan fingerprint density at radius 2 is 1.94 bits per heavy atom. The van der Waals surface area contributed by atoms with Crippen molar-refractivity contribution in [3.8, 4) is 0 Å². The predicted octanol–water partition coefficient (Wildman–Crippen LogP) is 3.62. The second-order valence-corrected chi connectivity index (χ2v) is 10.6. The zero-order valence-electron chi connectivity index (χ0n) is 19.4. The van der Waals surface area contributed by atoms with Crippen LogP contribution in [0.3, 0.4) is 0 Å². The molecule has 3 heterocycles. The van der Waals surface area contributed by atoms with E-state index in [0.717, 1.165) is 71.2 Å². The van der Waals surface area contributed by atoms with Gasteiger partial charge in [-0.25, -0.2) is 16.5 Å². The molecule has 1 unspecified atom stereocenters. The van der Waals surface area contributed by atoms with Crippen LogP contribution in [0, 0.1) is 6.57 Å². The molecule has 1 fully saturated rings. The lowest BCUT2D eigenvalue weighted by Gasteiger charge is -2.40. The van der Waals surface area contributed by atoms with Crippen molar-refractivity contribution in [3.05, 3.63) is 64.1 Å². The molecule has 7 nitrogen and oxygen atoms in total. The number of likely N-dealkylation sites (N-methyl/N-ethyl adjacent to an activating group) is 1. The normalized spacial score (nSPS) is 19.6. The quantitative estimate of drug-likeness (QED) is 0.408. The van der Waals surface area contributed by atoms with Gasteiger partial charge in [0.1, 0.15) is 5.82 Å². The average molecular weight is 495 g/mol. The average Bonchev–Trinajstić information content (AvgIpc) is 2.84. The summed E-state index contributed by atoms with van der Waals surface area (Å²) in [6.07, 6.45) is 2.42. The molecule has 0 radical (unpaired) electrons. The maximum atomic E-state index is 12.4. The number of aromatic nitrogens is 2. The summed E-state index contributed by atoms with van der Waals surface area (Å²) >= 11 is 6.60. The fraction of sp³-hybridized carbons (Fsp3) is 0.400. The minimum atomic E-state index is -1.29. The van der Waals surface area contributed by atoms with E-state index in [9.17, 15) is 4.21 Å². The maximum absolute atomic E-state index is 12.4. The van der Waals surface area contributed by atoms with Gasteiger partial charge in [0.05, 0.1) is 34.1 Å². The van der Waals surface area contributed by atoms with Crippen LogP contribution in [0.5, 0.6) is 0 Å². The fourth-order valence-electron chi connectivity index (χ4n) is 4.96. The van der Waals surface area contributed by atoms with Crippen LogP contribution in [0.4, 0.5) is 11.5 Å². The van der Waals surface area contributed by atoms with Crippen molar-refractivity contribution >= 4 is 44.7 Å². The van der Waals surface area contributed by atoms with Gasteiger partial charge in [0, 0.05) is 49.1 Å². The number of piperazine rings is 1. The summed E-state index contributed by atoms with van der Waals surface area (Å²) in [6.45, 7) is 11.6. The molecule has 9 heteroatoms. The van der Waals surface area contributed by atoms with Crippen molar-refractivity contribution in [1.82, 2.24) is 14.9 Å². The number of hydrogen-bond acceptors (Lipinski definition) is 6. The summed E-state index contributed by atoms with van der Waals surface area (Å²) in [4.78, 5) is 20.0. The lowest BCUT2D eigenvalue weighted by molar-refractivity contribution is 0.230. The van der Waals surface area contributed by atoms with Gasteiger partial charge in [0.15, 0.2) is 0 Å². The SMILES string of the molecule is [C-]#[N+]C[C@H]1CN(c2nc(S(C)=O)nc3c2CCN(c2cccc4cccc(Cl)c24)C3)CCN1C. The lowest BCUT2D eigenvalue weighted by atomic mass is 10.0. The Bertz CT molecular complexity index is 1300. The largest absolute Gasteiger partial charge is 0.365 e. The van der Waals surface area contributed by atoms with E-state index < -0.39 is 10.8 Å². The number of benzene rings is 2. The second kappa shape index (κ2) is 9.49. The Labute approximate surface area is 207 Å². The lowest BCUT2D eigenvalue weighted by Crippen LogP contribution is -2.53. The van der Waals surface area contributed by atoms with Gasteiger partial charge in [-0.15, -0.1) is 0 Å². The molecule has 0 amide bonds. The summed E-state index contributed by atoms with van der Waals surface area (Å²) in [7, 11) is 0.782. The van der Waals surface area contributed by atoms with Crippen molar-refractivity contribution in [2.45, 2.75) is 24.2 Å². The molecule has 34 heavy (non-hydrogen) atoms. The smallest absolute Gasteiger partial charge is 0.231 e. The van der Waals surface area contributed by atoms with Crippen LogP contribution in [0.25, 0.3) is 15.6 Å². The summed E-state index contributed by atoms with van der Waals surface area (Å²) in [5.74, 6) is 0.883. The van der Waals surface area contributed by atoms with Crippen LogP contribution in [0.15, 0.2) is 41.6 Å². The van der Waals surface area contributed by atoms with Gasteiger partial charge in [0.2, 0.25) is 11.7 Å². The Morgan fingerprint density at radius 1 is 1.15 bits per heavy atom. The van der Waals surface area contributed by atoms with Crippen LogP contribution in [0.2, 0.25) is 5.02 Å². The molecular weight excluding hydrogens is 468 g/mol. The molecule has 2 aromatic carbocycles. The first-order valence-corrected chi connectivity index (χ1v) is 13.3. The number of anilines is 2. The third-order valence-corrected chi connectivity index (χ3v) is 7.84. The summed E-state index contributed by atoms with van der Waals surface area (Å²) in [6, 6.07) is 12.4. The molecule has 0 bridgehead atoms. The van der Waals surface area contributed by atoms with Gasteiger partial charge in [-0.2, -0.15) is 0 Å². The highest BCUT2D eigenvalue weighted by Gasteiger charge is 2.32. The molecule has 1 saturated heterocycles. The zero-order chi connectivity index (χ0) is 23.8. The number of fused-ring (bicyclic) bond motifs is 2. The number of nitrogens with zero attached hydrogens (tertiary/aromatic N) is 6. The third kappa shape index (κ3) is 4.24. The topological polar surface area (TPSA) is 56.9 Å². The van der Waals surface area contributed by atoms with Crippen molar-refractivity contribution in [2.24, 2.45) is 0 Å². The summed E-state index contributed by atoms with van der Waals surface area (Å²) < 4.78 is 12.4. The van der Waals surface area contributed by atoms with E-state index in [1.165, 1.54) is 0 Å². The van der Waals surface area contributed by atoms with Crippen LogP contribution in [-0.2, 0) is 23.8 Å². The minimum Gasteiger partial charge on any atom is -0.365 e. The Hall–Kier alpha value is -2.73. The molecule has 0 aliphatic carbocycles. The molecule has 3 aromatic rings. The molecule has 5 rings (SSSR count). The Balaban J connectivity index is 1.53. The first-order valence-electron chi connectivity index (χ1n) is 11.4. The summed E-state index contributed by atoms with van der Waals surface area (Å²) in [5.41, 5.74) is 3.14. The van der Waals surface area contributed by atoms with Gasteiger partial charge in [-0.1, -0.05) is 35.9 Å². The summed E-state index contributed by atoms with van der Waals surface area (Å²) in [5, 5.41) is 3.26. The van der Waals surface area contributed by atoms with Gasteiger partial charge in [-0.05, 0) is 31.0 Å². The number of hydrogen-bond donors (Lipinski definition) is 0. The first kappa shape index (κ1) is 23.0. The van der Waals surface area contributed by atoms with Crippen LogP contribution < -0.4 is 9.80 Å². The van der Waals surface area contributed by atoms with E-state index in [0.29, 0.717) is 18.2 Å². The fourth-order valence-corrected chi connectivity index (χ4v) is 5.70. The van der Waals surface area contributed by atoms with E-state index in [2.05, 4.69) is 50.9 Å². The van der Waals surface area contributed by atoms with Gasteiger partial charge in [0.25, 0.3) is 0 Å². The van der Waals surface area contributed by atoms with Gasteiger partial charge in [-0.3, -0.25) is 9.11 Å². The molecule has 2 aliphatic heterocycles. The Morgan fingerprint density at radius 3 is 2.71 bits per heavy atom. The van der Waals surface area contributed by atoms with Crippen molar-refractivity contribution in [3.63, 3.8) is 0 Å². The third-order valence-electron chi connectivity index (χ3n) is 6.83. The highest BCUT2D eigenvalue weighted by Crippen LogP contribution is 2.36. The molecule has 1 aromatic heterocycles. The van der Waals surface area contributed by atoms with Crippen LogP contribution in [-0.4, -0.2) is 71.1 Å². The Kier molecular flexibility index (Phi) is 6.43. The van der Waals surface area contributed by atoms with Crippen LogP contribution >= 0.6 is 11.6 Å². The predicted molar refractivity (Wildman–Crippen MR) is 138 cm³/mol. The van der Waals surface area contributed by atoms with Crippen molar-refractivity contribution in [1.29, 1.82) is 0 Å². The molecule has 2 atom stereocenters. The maximum Gasteiger partial charge on any atom is 0.231 e. The molecular formula is C25H27ClN6OS. The molecule has 176 valence electrons. The van der Waals surface area contributed by atoms with Crippen molar-refractivity contribution < 1.29 is 4.21 Å². The van der Waals surface area contributed by atoms with Crippen LogP contribution in [0.1, 0.15) is 11.3 Å². The highest BCUT2D eigenvalue weighted by molar-refractivity contribution is 7.84. The monoisotopic (exact) mass is 494 g/mol. The van der Waals surface area contributed by atoms with Gasteiger partial charge >= 0.3 is 0 Å². The highest BCUT2D eigenvalue weighted by atomic mass is 35.5. The molecule has 2 aliphatic rings. The van der Waals surface area contributed by atoms with Gasteiger partial charge < -0.3 is 14.6 Å². The zero-order valence-corrected chi connectivity index (χ0v) is 20.9. The number of halogens is 1. The van der Waals surface area contributed by atoms with E-state index in [1.54, 1.807) is 6.26 Å².